The quantitative estimate of drug-likeness (QED) is 0.532. The average Bonchev–Trinajstić information content (AvgIpc) is 2.31. The first-order valence-corrected chi connectivity index (χ1v) is 6.25. The van der Waals surface area contributed by atoms with Gasteiger partial charge in [0.2, 0.25) is 5.91 Å². The predicted octanol–water partition coefficient (Wildman–Crippen LogP) is 1.27. The number of nitrogens with one attached hydrogen (secondary N) is 1. The van der Waals surface area contributed by atoms with E-state index >= 15 is 0 Å². The molecule has 0 aromatic carbocycles. The largest absolute Gasteiger partial charge is 0.481 e. The highest BCUT2D eigenvalue weighted by molar-refractivity contribution is 5.85. The van der Waals surface area contributed by atoms with Gasteiger partial charge < -0.3 is 16.2 Å². The standard InChI is InChI=1S/C12H24N2O3/c1-3-12(13,4-2)11(17)14-9-7-5-6-8-10(15)16/h3-9,13H2,1-2H3,(H,14,17)(H,15,16). The van der Waals surface area contributed by atoms with Crippen LogP contribution in [0.5, 0.6) is 0 Å². The summed E-state index contributed by atoms with van der Waals surface area (Å²) in [7, 11) is 0. The molecule has 0 bridgehead atoms. The van der Waals surface area contributed by atoms with E-state index < -0.39 is 11.5 Å². The number of carboxylic acid groups (broad SMARTS) is 1. The van der Waals surface area contributed by atoms with Gasteiger partial charge >= 0.3 is 5.97 Å². The highest BCUT2D eigenvalue weighted by Crippen LogP contribution is 2.11. The SMILES string of the molecule is CCC(N)(CC)C(=O)NCCCCCC(=O)O. The first-order chi connectivity index (χ1) is 7.96. The summed E-state index contributed by atoms with van der Waals surface area (Å²) in [6, 6.07) is 0. The highest BCUT2D eigenvalue weighted by atomic mass is 16.4. The van der Waals surface area contributed by atoms with Crippen LogP contribution in [-0.2, 0) is 9.59 Å². The van der Waals surface area contributed by atoms with Gasteiger partial charge in [0.1, 0.15) is 0 Å². The van der Waals surface area contributed by atoms with Crippen molar-refractivity contribution in [2.75, 3.05) is 6.54 Å². The zero-order chi connectivity index (χ0) is 13.3. The molecule has 0 aliphatic heterocycles. The van der Waals surface area contributed by atoms with Gasteiger partial charge in [0.25, 0.3) is 0 Å². The molecule has 0 aromatic rings. The Morgan fingerprint density at radius 1 is 1.18 bits per heavy atom. The number of carbonyl (C=O) groups is 2. The van der Waals surface area contributed by atoms with E-state index in [2.05, 4.69) is 5.32 Å². The molecular formula is C12H24N2O3. The van der Waals surface area contributed by atoms with E-state index in [-0.39, 0.29) is 12.3 Å². The Morgan fingerprint density at radius 2 is 1.76 bits per heavy atom. The fourth-order valence-corrected chi connectivity index (χ4v) is 1.53. The minimum atomic E-state index is -0.771. The number of carbonyl (C=O) groups excluding carboxylic acids is 1. The lowest BCUT2D eigenvalue weighted by Crippen LogP contribution is -2.53. The van der Waals surface area contributed by atoms with Crippen LogP contribution in [0.15, 0.2) is 0 Å². The molecule has 0 saturated carbocycles. The van der Waals surface area contributed by atoms with E-state index in [0.29, 0.717) is 25.8 Å². The maximum Gasteiger partial charge on any atom is 0.303 e. The molecule has 5 nitrogen and oxygen atoms in total. The van der Waals surface area contributed by atoms with E-state index in [9.17, 15) is 9.59 Å². The normalized spacial score (nSPS) is 11.2. The Hall–Kier alpha value is -1.10. The number of rotatable bonds is 9. The van der Waals surface area contributed by atoms with Crippen molar-refractivity contribution in [3.8, 4) is 0 Å². The van der Waals surface area contributed by atoms with Crippen molar-refractivity contribution in [2.45, 2.75) is 57.9 Å². The number of carboxylic acids is 1. The van der Waals surface area contributed by atoms with Crippen LogP contribution in [0.3, 0.4) is 0 Å². The molecule has 0 aromatic heterocycles. The maximum atomic E-state index is 11.7. The second-order valence-corrected chi connectivity index (χ2v) is 4.32. The Labute approximate surface area is 103 Å². The van der Waals surface area contributed by atoms with Crippen molar-refractivity contribution < 1.29 is 14.7 Å². The monoisotopic (exact) mass is 244 g/mol. The molecule has 0 rings (SSSR count). The van der Waals surface area contributed by atoms with Crippen LogP contribution in [-0.4, -0.2) is 29.1 Å². The molecule has 4 N–H and O–H groups in total. The zero-order valence-corrected chi connectivity index (χ0v) is 10.8. The minimum absolute atomic E-state index is 0.110. The first kappa shape index (κ1) is 15.9. The summed E-state index contributed by atoms with van der Waals surface area (Å²) in [5.74, 6) is -0.882. The van der Waals surface area contributed by atoms with Crippen LogP contribution in [0.25, 0.3) is 0 Å². The third-order valence-electron chi connectivity index (χ3n) is 3.07. The maximum absolute atomic E-state index is 11.7. The first-order valence-electron chi connectivity index (χ1n) is 6.25. The van der Waals surface area contributed by atoms with Crippen molar-refractivity contribution >= 4 is 11.9 Å². The van der Waals surface area contributed by atoms with Gasteiger partial charge in [-0.05, 0) is 25.7 Å². The summed E-state index contributed by atoms with van der Waals surface area (Å²) in [4.78, 5) is 22.0. The van der Waals surface area contributed by atoms with Gasteiger partial charge in [-0.2, -0.15) is 0 Å². The van der Waals surface area contributed by atoms with Gasteiger partial charge in [0.15, 0.2) is 0 Å². The number of hydrogen-bond donors (Lipinski definition) is 3. The zero-order valence-electron chi connectivity index (χ0n) is 10.8. The fraction of sp³-hybridized carbons (Fsp3) is 0.833. The molecule has 17 heavy (non-hydrogen) atoms. The lowest BCUT2D eigenvalue weighted by Gasteiger charge is -2.25. The second kappa shape index (κ2) is 8.06. The van der Waals surface area contributed by atoms with E-state index in [4.69, 9.17) is 10.8 Å². The van der Waals surface area contributed by atoms with Gasteiger partial charge in [0.05, 0.1) is 5.54 Å². The van der Waals surface area contributed by atoms with Crippen LogP contribution < -0.4 is 11.1 Å². The summed E-state index contributed by atoms with van der Waals surface area (Å²) in [6.45, 7) is 4.36. The molecular weight excluding hydrogens is 220 g/mol. The Morgan fingerprint density at radius 3 is 2.24 bits per heavy atom. The van der Waals surface area contributed by atoms with Gasteiger partial charge in [-0.3, -0.25) is 9.59 Å². The molecule has 100 valence electrons. The van der Waals surface area contributed by atoms with Crippen LogP contribution in [0.1, 0.15) is 52.4 Å². The summed E-state index contributed by atoms with van der Waals surface area (Å²) in [5, 5.41) is 11.2. The molecule has 0 atom stereocenters. The average molecular weight is 244 g/mol. The molecule has 0 unspecified atom stereocenters. The van der Waals surface area contributed by atoms with Gasteiger partial charge in [-0.15, -0.1) is 0 Å². The lowest BCUT2D eigenvalue weighted by molar-refractivity contribution is -0.137. The van der Waals surface area contributed by atoms with Crippen molar-refractivity contribution in [3.05, 3.63) is 0 Å². The van der Waals surface area contributed by atoms with Crippen LogP contribution in [0, 0.1) is 0 Å². The molecule has 1 amide bonds. The Kier molecular flexibility index (Phi) is 7.54. The van der Waals surface area contributed by atoms with Crippen molar-refractivity contribution in [3.63, 3.8) is 0 Å². The summed E-state index contributed by atoms with van der Waals surface area (Å²) in [5.41, 5.74) is 5.17. The smallest absolute Gasteiger partial charge is 0.303 e. The van der Waals surface area contributed by atoms with E-state index in [1.165, 1.54) is 0 Å². The van der Waals surface area contributed by atoms with Crippen LogP contribution in [0.2, 0.25) is 0 Å². The van der Waals surface area contributed by atoms with E-state index in [1.807, 2.05) is 13.8 Å². The minimum Gasteiger partial charge on any atom is -0.481 e. The molecule has 0 saturated heterocycles. The molecule has 5 heteroatoms. The molecule has 0 fully saturated rings. The molecule has 0 aliphatic carbocycles. The number of unbranched alkanes of at least 4 members (excludes halogenated alkanes) is 2. The van der Waals surface area contributed by atoms with Gasteiger partial charge in [-0.1, -0.05) is 20.3 Å². The molecule has 0 radical (unpaired) electrons. The molecule has 0 heterocycles. The highest BCUT2D eigenvalue weighted by Gasteiger charge is 2.29. The number of aliphatic carboxylic acids is 1. The van der Waals surface area contributed by atoms with E-state index in [1.54, 1.807) is 0 Å². The summed E-state index contributed by atoms with van der Waals surface area (Å²) < 4.78 is 0. The van der Waals surface area contributed by atoms with Crippen LogP contribution in [0.4, 0.5) is 0 Å². The third-order valence-corrected chi connectivity index (χ3v) is 3.07. The van der Waals surface area contributed by atoms with Crippen LogP contribution >= 0.6 is 0 Å². The van der Waals surface area contributed by atoms with Gasteiger partial charge in [0, 0.05) is 13.0 Å². The van der Waals surface area contributed by atoms with Gasteiger partial charge in [-0.25, -0.2) is 0 Å². The lowest BCUT2D eigenvalue weighted by atomic mass is 9.93. The topological polar surface area (TPSA) is 92.4 Å². The third kappa shape index (κ3) is 6.26. The number of nitrogens with two attached hydrogens (primary N) is 1. The van der Waals surface area contributed by atoms with E-state index in [0.717, 1.165) is 12.8 Å². The summed E-state index contributed by atoms with van der Waals surface area (Å²) in [6.07, 6.45) is 3.69. The van der Waals surface area contributed by atoms with Crippen molar-refractivity contribution in [1.29, 1.82) is 0 Å². The van der Waals surface area contributed by atoms with Crippen molar-refractivity contribution in [1.82, 2.24) is 5.32 Å². The Balaban J connectivity index is 3.68. The molecule has 0 aliphatic rings. The summed E-state index contributed by atoms with van der Waals surface area (Å²) >= 11 is 0. The fourth-order valence-electron chi connectivity index (χ4n) is 1.53. The second-order valence-electron chi connectivity index (χ2n) is 4.32. The molecule has 0 spiro atoms. The van der Waals surface area contributed by atoms with Crippen molar-refractivity contribution in [2.24, 2.45) is 5.73 Å². The predicted molar refractivity (Wildman–Crippen MR) is 66.6 cm³/mol. The Bertz CT molecular complexity index is 250. The number of hydrogen-bond acceptors (Lipinski definition) is 3. The number of amides is 1.